The lowest BCUT2D eigenvalue weighted by molar-refractivity contribution is 0.0465. The number of ether oxygens (including phenoxy) is 1. The van der Waals surface area contributed by atoms with Crippen LogP contribution < -0.4 is 10.5 Å². The molecule has 0 amide bonds. The fourth-order valence-corrected chi connectivity index (χ4v) is 3.10. The Hall–Kier alpha value is -1.26. The van der Waals surface area contributed by atoms with Crippen LogP contribution in [0.5, 0.6) is 5.75 Å². The summed E-state index contributed by atoms with van der Waals surface area (Å²) in [6.07, 6.45) is 6.02. The van der Waals surface area contributed by atoms with E-state index in [2.05, 4.69) is 11.8 Å². The molecule has 4 nitrogen and oxygen atoms in total. The Labute approximate surface area is 127 Å². The normalized spacial score (nSPS) is 17.9. The number of likely N-dealkylation sites (N-methyl/N-ethyl adjacent to an activating group) is 1. The number of aliphatic hydroxyl groups is 1. The van der Waals surface area contributed by atoms with E-state index >= 15 is 0 Å². The highest BCUT2D eigenvalue weighted by Crippen LogP contribution is 2.23. The second kappa shape index (κ2) is 8.25. The molecule has 0 radical (unpaired) electrons. The van der Waals surface area contributed by atoms with Crippen LogP contribution in [0.2, 0.25) is 0 Å². The molecule has 0 bridgehead atoms. The molecule has 1 saturated carbocycles. The van der Waals surface area contributed by atoms with E-state index in [1.165, 1.54) is 32.1 Å². The zero-order valence-electron chi connectivity index (χ0n) is 13.0. The second-order valence-corrected chi connectivity index (χ2v) is 5.88. The fourth-order valence-electron chi connectivity index (χ4n) is 3.10. The minimum absolute atomic E-state index is 0.289. The van der Waals surface area contributed by atoms with Gasteiger partial charge in [0.1, 0.15) is 18.5 Å². The molecule has 0 spiro atoms. The molecule has 2 rings (SSSR count). The average molecular weight is 292 g/mol. The molecule has 1 fully saturated rings. The van der Waals surface area contributed by atoms with Crippen molar-refractivity contribution in [2.45, 2.75) is 51.2 Å². The van der Waals surface area contributed by atoms with E-state index in [0.717, 1.165) is 6.54 Å². The molecular weight excluding hydrogens is 264 g/mol. The van der Waals surface area contributed by atoms with Crippen molar-refractivity contribution in [3.8, 4) is 5.75 Å². The maximum Gasteiger partial charge on any atom is 0.142 e. The van der Waals surface area contributed by atoms with Gasteiger partial charge < -0.3 is 15.6 Å². The third kappa shape index (κ3) is 4.90. The molecule has 0 saturated heterocycles. The Morgan fingerprint density at radius 1 is 1.29 bits per heavy atom. The highest BCUT2D eigenvalue weighted by Gasteiger charge is 2.22. The Morgan fingerprint density at radius 3 is 2.67 bits per heavy atom. The van der Waals surface area contributed by atoms with Gasteiger partial charge in [0.2, 0.25) is 0 Å². The van der Waals surface area contributed by atoms with E-state index in [1.54, 1.807) is 0 Å². The summed E-state index contributed by atoms with van der Waals surface area (Å²) in [5.74, 6) is 0.650. The minimum Gasteiger partial charge on any atom is -0.489 e. The molecule has 1 aliphatic carbocycles. The molecule has 0 aliphatic heterocycles. The first kappa shape index (κ1) is 16.1. The second-order valence-electron chi connectivity index (χ2n) is 5.88. The average Bonchev–Trinajstić information content (AvgIpc) is 2.52. The highest BCUT2D eigenvalue weighted by molar-refractivity contribution is 5.51. The van der Waals surface area contributed by atoms with Crippen molar-refractivity contribution in [1.29, 1.82) is 0 Å². The zero-order chi connectivity index (χ0) is 15.1. The van der Waals surface area contributed by atoms with Gasteiger partial charge in [0.15, 0.2) is 0 Å². The van der Waals surface area contributed by atoms with Gasteiger partial charge >= 0.3 is 0 Å². The van der Waals surface area contributed by atoms with Crippen LogP contribution in [0.4, 0.5) is 5.69 Å². The summed E-state index contributed by atoms with van der Waals surface area (Å²) in [5, 5.41) is 10.2. The summed E-state index contributed by atoms with van der Waals surface area (Å²) in [7, 11) is 0. The predicted molar refractivity (Wildman–Crippen MR) is 86.5 cm³/mol. The summed E-state index contributed by atoms with van der Waals surface area (Å²) in [4.78, 5) is 2.39. The SMILES string of the molecule is CCN(CC(O)COc1ccccc1N)C1CCCCC1. The van der Waals surface area contributed by atoms with Gasteiger partial charge in [-0.15, -0.1) is 0 Å². The van der Waals surface area contributed by atoms with Crippen LogP contribution in [0.1, 0.15) is 39.0 Å². The van der Waals surface area contributed by atoms with E-state index in [0.29, 0.717) is 24.0 Å². The lowest BCUT2D eigenvalue weighted by Gasteiger charge is -2.34. The molecule has 1 unspecified atom stereocenters. The first-order valence-electron chi connectivity index (χ1n) is 8.10. The molecule has 0 heterocycles. The topological polar surface area (TPSA) is 58.7 Å². The van der Waals surface area contributed by atoms with Crippen molar-refractivity contribution < 1.29 is 9.84 Å². The third-order valence-corrected chi connectivity index (χ3v) is 4.29. The summed E-state index contributed by atoms with van der Waals surface area (Å²) in [5.41, 5.74) is 6.45. The Bertz CT molecular complexity index is 419. The zero-order valence-corrected chi connectivity index (χ0v) is 13.0. The van der Waals surface area contributed by atoms with Gasteiger partial charge in [0, 0.05) is 12.6 Å². The molecule has 21 heavy (non-hydrogen) atoms. The number of aliphatic hydroxyl groups excluding tert-OH is 1. The molecule has 118 valence electrons. The van der Waals surface area contributed by atoms with Crippen molar-refractivity contribution in [3.05, 3.63) is 24.3 Å². The third-order valence-electron chi connectivity index (χ3n) is 4.29. The number of nitrogen functional groups attached to an aromatic ring is 1. The largest absolute Gasteiger partial charge is 0.489 e. The Kier molecular flexibility index (Phi) is 6.33. The van der Waals surface area contributed by atoms with Crippen molar-refractivity contribution in [2.75, 3.05) is 25.4 Å². The van der Waals surface area contributed by atoms with Gasteiger partial charge in [-0.3, -0.25) is 4.90 Å². The molecule has 3 N–H and O–H groups in total. The van der Waals surface area contributed by atoms with Crippen molar-refractivity contribution in [3.63, 3.8) is 0 Å². The van der Waals surface area contributed by atoms with Crippen molar-refractivity contribution >= 4 is 5.69 Å². The number of nitrogens with zero attached hydrogens (tertiary/aromatic N) is 1. The molecule has 1 aromatic rings. The molecule has 4 heteroatoms. The van der Waals surface area contributed by atoms with E-state index in [1.807, 2.05) is 24.3 Å². The van der Waals surface area contributed by atoms with Gasteiger partial charge in [-0.25, -0.2) is 0 Å². The summed E-state index contributed by atoms with van der Waals surface area (Å²) in [6.45, 7) is 4.11. The van der Waals surface area contributed by atoms with E-state index in [9.17, 15) is 5.11 Å². The Morgan fingerprint density at radius 2 is 2.00 bits per heavy atom. The van der Waals surface area contributed by atoms with Crippen LogP contribution in [0.25, 0.3) is 0 Å². The molecule has 1 atom stereocenters. The predicted octanol–water partition coefficient (Wildman–Crippen LogP) is 2.66. The number of benzene rings is 1. The quantitative estimate of drug-likeness (QED) is 0.759. The maximum atomic E-state index is 10.2. The smallest absolute Gasteiger partial charge is 0.142 e. The van der Waals surface area contributed by atoms with Crippen molar-refractivity contribution in [2.24, 2.45) is 0 Å². The van der Waals surface area contributed by atoms with E-state index < -0.39 is 6.10 Å². The van der Waals surface area contributed by atoms with Crippen molar-refractivity contribution in [1.82, 2.24) is 4.90 Å². The molecular formula is C17H28N2O2. The van der Waals surface area contributed by atoms with E-state index in [-0.39, 0.29) is 6.61 Å². The number of anilines is 1. The molecule has 1 aliphatic rings. The number of nitrogens with two attached hydrogens (primary N) is 1. The van der Waals surface area contributed by atoms with Gasteiger partial charge in [-0.05, 0) is 31.5 Å². The molecule has 1 aromatic carbocycles. The summed E-state index contributed by atoms with van der Waals surface area (Å²) in [6, 6.07) is 8.03. The van der Waals surface area contributed by atoms with Crippen LogP contribution in [0.3, 0.4) is 0 Å². The summed E-state index contributed by atoms with van der Waals surface area (Å²) >= 11 is 0. The van der Waals surface area contributed by atoms with Gasteiger partial charge in [-0.1, -0.05) is 38.3 Å². The monoisotopic (exact) mass is 292 g/mol. The number of rotatable bonds is 7. The first-order valence-corrected chi connectivity index (χ1v) is 8.10. The lowest BCUT2D eigenvalue weighted by atomic mass is 9.94. The first-order chi connectivity index (χ1) is 10.2. The summed E-state index contributed by atoms with van der Waals surface area (Å²) < 4.78 is 5.63. The van der Waals surface area contributed by atoms with Crippen LogP contribution in [0, 0.1) is 0 Å². The van der Waals surface area contributed by atoms with Crippen LogP contribution in [0.15, 0.2) is 24.3 Å². The van der Waals surface area contributed by atoms with Crippen LogP contribution in [-0.2, 0) is 0 Å². The van der Waals surface area contributed by atoms with Crippen LogP contribution >= 0.6 is 0 Å². The number of para-hydroxylation sites is 2. The minimum atomic E-state index is -0.480. The maximum absolute atomic E-state index is 10.2. The Balaban J connectivity index is 1.79. The molecule has 0 aromatic heterocycles. The lowest BCUT2D eigenvalue weighted by Crippen LogP contribution is -2.43. The van der Waals surface area contributed by atoms with Crippen LogP contribution in [-0.4, -0.2) is 41.8 Å². The number of hydrogen-bond acceptors (Lipinski definition) is 4. The van der Waals surface area contributed by atoms with Gasteiger partial charge in [0.25, 0.3) is 0 Å². The van der Waals surface area contributed by atoms with Gasteiger partial charge in [0.05, 0.1) is 5.69 Å². The number of hydrogen-bond donors (Lipinski definition) is 2. The van der Waals surface area contributed by atoms with Gasteiger partial charge in [-0.2, -0.15) is 0 Å². The highest BCUT2D eigenvalue weighted by atomic mass is 16.5. The fraction of sp³-hybridized carbons (Fsp3) is 0.647. The standard InChI is InChI=1S/C17H28N2O2/c1-2-19(14-8-4-3-5-9-14)12-15(20)13-21-17-11-7-6-10-16(17)18/h6-7,10-11,14-15,20H,2-5,8-9,12-13,18H2,1H3. The van der Waals surface area contributed by atoms with E-state index in [4.69, 9.17) is 10.5 Å².